The predicted octanol–water partition coefficient (Wildman–Crippen LogP) is 3.28. The Morgan fingerprint density at radius 1 is 1.11 bits per heavy atom. The molecule has 0 aliphatic rings. The molecule has 18 heavy (non-hydrogen) atoms. The number of hydrogen-bond acceptors (Lipinski definition) is 2. The van der Waals surface area contributed by atoms with Crippen LogP contribution in [0.25, 0.3) is 0 Å². The Hall–Kier alpha value is -1.67. The first-order valence-electron chi connectivity index (χ1n) is 6.23. The number of pyridine rings is 1. The molecule has 2 nitrogen and oxygen atoms in total. The van der Waals surface area contributed by atoms with E-state index >= 15 is 0 Å². The monoisotopic (exact) mass is 241 g/mol. The molecule has 0 saturated heterocycles. The van der Waals surface area contributed by atoms with Crippen molar-refractivity contribution in [3.8, 4) is 0 Å². The van der Waals surface area contributed by atoms with E-state index in [2.05, 4.69) is 24.9 Å². The molecule has 1 heterocycles. The topological polar surface area (TPSA) is 33.1 Å². The zero-order chi connectivity index (χ0) is 13.1. The van der Waals surface area contributed by atoms with Crippen molar-refractivity contribution in [1.29, 1.82) is 0 Å². The summed E-state index contributed by atoms with van der Waals surface area (Å²) in [6.45, 7) is 6.13. The number of benzene rings is 1. The summed E-state index contributed by atoms with van der Waals surface area (Å²) in [4.78, 5) is 4.34. The molecular formula is C16H19NO. The van der Waals surface area contributed by atoms with Crippen LogP contribution in [0.1, 0.15) is 34.1 Å². The van der Waals surface area contributed by atoms with Crippen LogP contribution in [0.5, 0.6) is 0 Å². The highest BCUT2D eigenvalue weighted by Gasteiger charge is 2.12. The van der Waals surface area contributed by atoms with Gasteiger partial charge in [-0.3, -0.25) is 4.98 Å². The summed E-state index contributed by atoms with van der Waals surface area (Å²) in [7, 11) is 0. The summed E-state index contributed by atoms with van der Waals surface area (Å²) in [5.41, 5.74) is 5.44. The van der Waals surface area contributed by atoms with Gasteiger partial charge in [-0.25, -0.2) is 0 Å². The highest BCUT2D eigenvalue weighted by molar-refractivity contribution is 5.35. The smallest absolute Gasteiger partial charge is 0.0848 e. The molecule has 2 aromatic rings. The average molecular weight is 241 g/mol. The van der Waals surface area contributed by atoms with Crippen molar-refractivity contribution in [3.63, 3.8) is 0 Å². The number of aromatic nitrogens is 1. The fourth-order valence-corrected chi connectivity index (χ4v) is 2.06. The molecule has 2 heteroatoms. The second-order valence-corrected chi connectivity index (χ2v) is 4.84. The SMILES string of the molecule is Cc1ccc(CC(O)c2cccc(C)c2C)nc1. The lowest BCUT2D eigenvalue weighted by Crippen LogP contribution is -2.06. The van der Waals surface area contributed by atoms with Crippen LogP contribution in [0, 0.1) is 20.8 Å². The molecular weight excluding hydrogens is 222 g/mol. The van der Waals surface area contributed by atoms with Crippen LogP contribution in [0.3, 0.4) is 0 Å². The zero-order valence-electron chi connectivity index (χ0n) is 11.1. The highest BCUT2D eigenvalue weighted by Crippen LogP contribution is 2.23. The molecule has 1 unspecified atom stereocenters. The summed E-state index contributed by atoms with van der Waals surface area (Å²) >= 11 is 0. The van der Waals surface area contributed by atoms with Crippen molar-refractivity contribution in [3.05, 3.63) is 64.5 Å². The van der Waals surface area contributed by atoms with E-state index in [0.29, 0.717) is 6.42 Å². The third kappa shape index (κ3) is 2.77. The van der Waals surface area contributed by atoms with Gasteiger partial charge >= 0.3 is 0 Å². The minimum Gasteiger partial charge on any atom is -0.388 e. The Bertz CT molecular complexity index is 531. The molecule has 0 fully saturated rings. The van der Waals surface area contributed by atoms with E-state index in [1.54, 1.807) is 0 Å². The fourth-order valence-electron chi connectivity index (χ4n) is 2.06. The second kappa shape index (κ2) is 5.32. The van der Waals surface area contributed by atoms with Crippen LogP contribution in [0.2, 0.25) is 0 Å². The van der Waals surface area contributed by atoms with Gasteiger partial charge < -0.3 is 5.11 Å². The minimum atomic E-state index is -0.486. The molecule has 0 bridgehead atoms. The number of nitrogens with zero attached hydrogens (tertiary/aromatic N) is 1. The van der Waals surface area contributed by atoms with Gasteiger partial charge in [0.05, 0.1) is 6.10 Å². The fraction of sp³-hybridized carbons (Fsp3) is 0.312. The van der Waals surface area contributed by atoms with Crippen LogP contribution in [0.15, 0.2) is 36.5 Å². The van der Waals surface area contributed by atoms with Gasteiger partial charge in [0, 0.05) is 18.3 Å². The van der Waals surface area contributed by atoms with E-state index in [0.717, 1.165) is 22.4 Å². The predicted molar refractivity (Wildman–Crippen MR) is 73.6 cm³/mol. The molecule has 0 aliphatic carbocycles. The molecule has 1 aromatic carbocycles. The van der Waals surface area contributed by atoms with Crippen LogP contribution in [-0.4, -0.2) is 10.1 Å². The first kappa shape index (κ1) is 12.8. The van der Waals surface area contributed by atoms with Gasteiger partial charge in [-0.05, 0) is 49.1 Å². The molecule has 94 valence electrons. The molecule has 0 aliphatic heterocycles. The van der Waals surface area contributed by atoms with E-state index < -0.39 is 6.10 Å². The summed E-state index contributed by atoms with van der Waals surface area (Å²) in [5.74, 6) is 0. The van der Waals surface area contributed by atoms with Crippen LogP contribution >= 0.6 is 0 Å². The molecule has 0 radical (unpaired) electrons. The van der Waals surface area contributed by atoms with Crippen molar-refractivity contribution in [2.24, 2.45) is 0 Å². The normalized spacial score (nSPS) is 12.4. The third-order valence-electron chi connectivity index (χ3n) is 3.38. The maximum absolute atomic E-state index is 10.3. The van der Waals surface area contributed by atoms with Gasteiger partial charge in [0.1, 0.15) is 0 Å². The van der Waals surface area contributed by atoms with Crippen molar-refractivity contribution in [1.82, 2.24) is 4.98 Å². The highest BCUT2D eigenvalue weighted by atomic mass is 16.3. The Kier molecular flexibility index (Phi) is 3.78. The lowest BCUT2D eigenvalue weighted by Gasteiger charge is -2.15. The van der Waals surface area contributed by atoms with Gasteiger partial charge in [0.15, 0.2) is 0 Å². The number of aryl methyl sites for hydroxylation is 2. The third-order valence-corrected chi connectivity index (χ3v) is 3.38. The molecule has 0 spiro atoms. The van der Waals surface area contributed by atoms with Gasteiger partial charge in [-0.1, -0.05) is 24.3 Å². The van der Waals surface area contributed by atoms with E-state index in [1.165, 1.54) is 5.56 Å². The van der Waals surface area contributed by atoms with E-state index in [4.69, 9.17) is 0 Å². The Balaban J connectivity index is 2.19. The van der Waals surface area contributed by atoms with Gasteiger partial charge in [0.25, 0.3) is 0 Å². The molecule has 1 N–H and O–H groups in total. The molecule has 1 atom stereocenters. The summed E-state index contributed by atoms with van der Waals surface area (Å²) in [6.07, 6.45) is 1.91. The van der Waals surface area contributed by atoms with Crippen LogP contribution < -0.4 is 0 Å². The lowest BCUT2D eigenvalue weighted by molar-refractivity contribution is 0.176. The summed E-state index contributed by atoms with van der Waals surface area (Å²) < 4.78 is 0. The average Bonchev–Trinajstić information content (AvgIpc) is 2.35. The number of aliphatic hydroxyl groups is 1. The minimum absolute atomic E-state index is 0.486. The second-order valence-electron chi connectivity index (χ2n) is 4.84. The van der Waals surface area contributed by atoms with Crippen LogP contribution in [0.4, 0.5) is 0 Å². The molecule has 0 amide bonds. The standard InChI is InChI=1S/C16H19NO/c1-11-7-8-14(17-10-11)9-16(18)15-6-4-5-12(2)13(15)3/h4-8,10,16,18H,9H2,1-3H3. The maximum Gasteiger partial charge on any atom is 0.0848 e. The first-order valence-corrected chi connectivity index (χ1v) is 6.23. The molecule has 0 saturated carbocycles. The molecule has 1 aromatic heterocycles. The molecule has 2 rings (SSSR count). The van der Waals surface area contributed by atoms with E-state index in [9.17, 15) is 5.11 Å². The van der Waals surface area contributed by atoms with E-state index in [-0.39, 0.29) is 0 Å². The Labute approximate surface area is 108 Å². The van der Waals surface area contributed by atoms with Crippen molar-refractivity contribution >= 4 is 0 Å². The first-order chi connectivity index (χ1) is 8.58. The van der Waals surface area contributed by atoms with Gasteiger partial charge in [0.2, 0.25) is 0 Å². The number of hydrogen-bond donors (Lipinski definition) is 1. The van der Waals surface area contributed by atoms with Crippen molar-refractivity contribution < 1.29 is 5.11 Å². The van der Waals surface area contributed by atoms with Gasteiger partial charge in [-0.15, -0.1) is 0 Å². The lowest BCUT2D eigenvalue weighted by atomic mass is 9.96. The zero-order valence-corrected chi connectivity index (χ0v) is 11.1. The number of aliphatic hydroxyl groups excluding tert-OH is 1. The largest absolute Gasteiger partial charge is 0.388 e. The quantitative estimate of drug-likeness (QED) is 0.894. The van der Waals surface area contributed by atoms with Crippen molar-refractivity contribution in [2.75, 3.05) is 0 Å². The maximum atomic E-state index is 10.3. The van der Waals surface area contributed by atoms with Crippen LogP contribution in [-0.2, 0) is 6.42 Å². The Morgan fingerprint density at radius 2 is 1.89 bits per heavy atom. The van der Waals surface area contributed by atoms with Gasteiger partial charge in [-0.2, -0.15) is 0 Å². The Morgan fingerprint density at radius 3 is 2.56 bits per heavy atom. The van der Waals surface area contributed by atoms with E-state index in [1.807, 2.05) is 37.4 Å². The summed E-state index contributed by atoms with van der Waals surface area (Å²) in [6, 6.07) is 10.0. The summed E-state index contributed by atoms with van der Waals surface area (Å²) in [5, 5.41) is 10.3. The number of rotatable bonds is 3. The van der Waals surface area contributed by atoms with Crippen molar-refractivity contribution in [2.45, 2.75) is 33.3 Å².